The Morgan fingerprint density at radius 1 is 1.35 bits per heavy atom. The van der Waals surface area contributed by atoms with Crippen LogP contribution in [0.2, 0.25) is 0 Å². The Kier molecular flexibility index (Phi) is 2.53. The van der Waals surface area contributed by atoms with Crippen LogP contribution in [0.5, 0.6) is 0 Å². The molecule has 88 valence electrons. The van der Waals surface area contributed by atoms with E-state index in [0.717, 1.165) is 18.9 Å². The maximum absolute atomic E-state index is 11.9. The molecule has 0 saturated carbocycles. The van der Waals surface area contributed by atoms with Gasteiger partial charge in [0.15, 0.2) is 5.43 Å². The Labute approximate surface area is 98.0 Å². The van der Waals surface area contributed by atoms with Crippen molar-refractivity contribution in [1.82, 2.24) is 9.97 Å². The van der Waals surface area contributed by atoms with E-state index in [9.17, 15) is 4.79 Å². The number of aromatic amines is 1. The summed E-state index contributed by atoms with van der Waals surface area (Å²) >= 11 is 0. The highest BCUT2D eigenvalue weighted by atomic mass is 16.5. The zero-order chi connectivity index (χ0) is 11.7. The molecule has 0 amide bonds. The highest BCUT2D eigenvalue weighted by Crippen LogP contribution is 2.13. The van der Waals surface area contributed by atoms with Crippen LogP contribution in [0, 0.1) is 0 Å². The van der Waals surface area contributed by atoms with Crippen LogP contribution in [-0.4, -0.2) is 36.3 Å². The summed E-state index contributed by atoms with van der Waals surface area (Å²) in [6.07, 6.45) is 1.68. The molecular formula is C12H13N3O2. The minimum absolute atomic E-state index is 0.00772. The molecular weight excluding hydrogens is 218 g/mol. The predicted octanol–water partition coefficient (Wildman–Crippen LogP) is 0.760. The summed E-state index contributed by atoms with van der Waals surface area (Å²) < 4.78 is 5.29. The van der Waals surface area contributed by atoms with E-state index < -0.39 is 0 Å². The first-order valence-electron chi connectivity index (χ1n) is 5.65. The van der Waals surface area contributed by atoms with Crippen molar-refractivity contribution in [2.45, 2.75) is 0 Å². The summed E-state index contributed by atoms with van der Waals surface area (Å²) in [5.74, 6) is 0.824. The Morgan fingerprint density at radius 3 is 3.00 bits per heavy atom. The maximum Gasteiger partial charge on any atom is 0.193 e. The molecule has 0 spiro atoms. The van der Waals surface area contributed by atoms with E-state index in [4.69, 9.17) is 4.74 Å². The molecule has 0 aliphatic carbocycles. The van der Waals surface area contributed by atoms with Crippen molar-refractivity contribution in [3.8, 4) is 0 Å². The lowest BCUT2D eigenvalue weighted by atomic mass is 10.2. The quantitative estimate of drug-likeness (QED) is 0.787. The SMILES string of the molecule is O=c1cc(N2CCOCC2)[nH]c2ncccc12. The predicted molar refractivity (Wildman–Crippen MR) is 65.4 cm³/mol. The van der Waals surface area contributed by atoms with Crippen LogP contribution in [0.3, 0.4) is 0 Å². The smallest absolute Gasteiger partial charge is 0.193 e. The Bertz CT molecular complexity index is 588. The van der Waals surface area contributed by atoms with Gasteiger partial charge in [-0.15, -0.1) is 0 Å². The van der Waals surface area contributed by atoms with Gasteiger partial charge in [0, 0.05) is 25.4 Å². The van der Waals surface area contributed by atoms with Gasteiger partial charge in [-0.3, -0.25) is 4.79 Å². The second-order valence-corrected chi connectivity index (χ2v) is 4.02. The lowest BCUT2D eigenvalue weighted by molar-refractivity contribution is 0.122. The van der Waals surface area contributed by atoms with Gasteiger partial charge in [-0.2, -0.15) is 0 Å². The second kappa shape index (κ2) is 4.18. The number of nitrogens with zero attached hydrogens (tertiary/aromatic N) is 2. The van der Waals surface area contributed by atoms with Crippen LogP contribution in [0.1, 0.15) is 0 Å². The summed E-state index contributed by atoms with van der Waals surface area (Å²) in [5, 5.41) is 0.629. The van der Waals surface area contributed by atoms with Gasteiger partial charge >= 0.3 is 0 Å². The first-order chi connectivity index (χ1) is 8.34. The number of rotatable bonds is 1. The van der Waals surface area contributed by atoms with E-state index in [2.05, 4.69) is 14.9 Å². The van der Waals surface area contributed by atoms with E-state index in [1.807, 2.05) is 0 Å². The van der Waals surface area contributed by atoms with Crippen LogP contribution >= 0.6 is 0 Å². The molecule has 2 aromatic heterocycles. The summed E-state index contributed by atoms with van der Waals surface area (Å²) in [5.41, 5.74) is 0.648. The molecule has 0 unspecified atom stereocenters. The van der Waals surface area contributed by atoms with Crippen molar-refractivity contribution in [3.63, 3.8) is 0 Å². The van der Waals surface area contributed by atoms with Crippen LogP contribution in [0.25, 0.3) is 11.0 Å². The molecule has 0 atom stereocenters. The van der Waals surface area contributed by atoms with Crippen molar-refractivity contribution in [1.29, 1.82) is 0 Å². The fraction of sp³-hybridized carbons (Fsp3) is 0.333. The van der Waals surface area contributed by atoms with E-state index >= 15 is 0 Å². The number of fused-ring (bicyclic) bond motifs is 1. The fourth-order valence-corrected chi connectivity index (χ4v) is 2.04. The first-order valence-corrected chi connectivity index (χ1v) is 5.65. The summed E-state index contributed by atoms with van der Waals surface area (Å²) in [4.78, 5) is 21.4. The van der Waals surface area contributed by atoms with Crippen LogP contribution < -0.4 is 10.3 Å². The largest absolute Gasteiger partial charge is 0.378 e. The molecule has 5 heteroatoms. The third kappa shape index (κ3) is 1.89. The highest BCUT2D eigenvalue weighted by Gasteiger charge is 2.13. The molecule has 1 fully saturated rings. The molecule has 1 aliphatic heterocycles. The van der Waals surface area contributed by atoms with Crippen molar-refractivity contribution < 1.29 is 4.74 Å². The van der Waals surface area contributed by atoms with E-state index in [1.54, 1.807) is 24.4 Å². The Morgan fingerprint density at radius 2 is 2.18 bits per heavy atom. The van der Waals surface area contributed by atoms with Crippen LogP contribution in [0.15, 0.2) is 29.2 Å². The molecule has 17 heavy (non-hydrogen) atoms. The topological polar surface area (TPSA) is 58.2 Å². The molecule has 2 aromatic rings. The third-order valence-corrected chi connectivity index (χ3v) is 2.94. The molecule has 0 aromatic carbocycles. The number of hydrogen-bond acceptors (Lipinski definition) is 4. The molecule has 0 radical (unpaired) electrons. The number of anilines is 1. The lowest BCUT2D eigenvalue weighted by Crippen LogP contribution is -2.37. The van der Waals surface area contributed by atoms with Crippen molar-refractivity contribution in [2.75, 3.05) is 31.2 Å². The van der Waals surface area contributed by atoms with Crippen molar-refractivity contribution >= 4 is 16.9 Å². The van der Waals surface area contributed by atoms with Crippen molar-refractivity contribution in [2.24, 2.45) is 0 Å². The van der Waals surface area contributed by atoms with Gasteiger partial charge in [-0.05, 0) is 12.1 Å². The molecule has 1 saturated heterocycles. The van der Waals surface area contributed by atoms with Gasteiger partial charge in [-0.1, -0.05) is 0 Å². The minimum atomic E-state index is 0.00772. The van der Waals surface area contributed by atoms with E-state index in [0.29, 0.717) is 24.2 Å². The first kappa shape index (κ1) is 10.3. The van der Waals surface area contributed by atoms with E-state index in [-0.39, 0.29) is 5.43 Å². The number of morpholine rings is 1. The average Bonchev–Trinajstić information content (AvgIpc) is 2.40. The number of hydrogen-bond donors (Lipinski definition) is 1. The molecule has 3 heterocycles. The van der Waals surface area contributed by atoms with Crippen molar-refractivity contribution in [3.05, 3.63) is 34.6 Å². The summed E-state index contributed by atoms with van der Waals surface area (Å²) in [6, 6.07) is 5.19. The third-order valence-electron chi connectivity index (χ3n) is 2.94. The van der Waals surface area contributed by atoms with Crippen LogP contribution in [-0.2, 0) is 4.74 Å². The average molecular weight is 231 g/mol. The van der Waals surface area contributed by atoms with Gasteiger partial charge in [0.2, 0.25) is 0 Å². The fourth-order valence-electron chi connectivity index (χ4n) is 2.04. The molecule has 1 aliphatic rings. The molecule has 5 nitrogen and oxygen atoms in total. The summed E-state index contributed by atoms with van der Waals surface area (Å²) in [7, 11) is 0. The lowest BCUT2D eigenvalue weighted by Gasteiger charge is -2.28. The number of pyridine rings is 2. The molecule has 1 N–H and O–H groups in total. The van der Waals surface area contributed by atoms with Gasteiger partial charge in [0.25, 0.3) is 0 Å². The zero-order valence-corrected chi connectivity index (χ0v) is 9.35. The van der Waals surface area contributed by atoms with Gasteiger partial charge in [0.05, 0.1) is 18.6 Å². The molecule has 3 rings (SSSR count). The number of ether oxygens (including phenoxy) is 1. The number of aromatic nitrogens is 2. The van der Waals surface area contributed by atoms with Gasteiger partial charge in [0.1, 0.15) is 11.5 Å². The maximum atomic E-state index is 11.9. The standard InChI is InChI=1S/C12H13N3O2/c16-10-8-11(15-4-6-17-7-5-15)14-12-9(10)2-1-3-13-12/h1-3,8H,4-7H2,(H,13,14,16). The number of nitrogens with one attached hydrogen (secondary N) is 1. The minimum Gasteiger partial charge on any atom is -0.378 e. The Hall–Kier alpha value is -1.88. The molecule has 0 bridgehead atoms. The normalized spacial score (nSPS) is 16.4. The second-order valence-electron chi connectivity index (χ2n) is 4.02. The van der Waals surface area contributed by atoms with Gasteiger partial charge < -0.3 is 14.6 Å². The van der Waals surface area contributed by atoms with Crippen LogP contribution in [0.4, 0.5) is 5.82 Å². The highest BCUT2D eigenvalue weighted by molar-refractivity contribution is 5.76. The number of H-pyrrole nitrogens is 1. The Balaban J connectivity index is 2.08. The van der Waals surface area contributed by atoms with Gasteiger partial charge in [-0.25, -0.2) is 4.98 Å². The monoisotopic (exact) mass is 231 g/mol. The zero-order valence-electron chi connectivity index (χ0n) is 9.35. The summed E-state index contributed by atoms with van der Waals surface area (Å²) in [6.45, 7) is 2.99. The van der Waals surface area contributed by atoms with E-state index in [1.165, 1.54) is 0 Å².